The summed E-state index contributed by atoms with van der Waals surface area (Å²) in [5.74, 6) is 0.709. The molecule has 15 heavy (non-hydrogen) atoms. The number of aromatic nitrogens is 2. The predicted molar refractivity (Wildman–Crippen MR) is 55.8 cm³/mol. The van der Waals surface area contributed by atoms with Crippen LogP contribution in [0.25, 0.3) is 0 Å². The molecule has 1 atom stereocenters. The van der Waals surface area contributed by atoms with Gasteiger partial charge in [-0.25, -0.2) is 4.98 Å². The molecule has 0 aliphatic carbocycles. The number of aryl methyl sites for hydroxylation is 1. The minimum atomic E-state index is 0.00597. The fraction of sp³-hybridized carbons (Fsp3) is 0.636. The lowest BCUT2D eigenvalue weighted by atomic mass is 9.97. The second-order valence-corrected chi connectivity index (χ2v) is 3.82. The number of hydrogen-bond acceptors (Lipinski definition) is 3. The molecular weight excluding hydrogens is 192 g/mol. The van der Waals surface area contributed by atoms with Gasteiger partial charge in [0.25, 0.3) is 0 Å². The van der Waals surface area contributed by atoms with E-state index in [2.05, 4.69) is 4.98 Å². The summed E-state index contributed by atoms with van der Waals surface area (Å²) >= 11 is 0. The van der Waals surface area contributed by atoms with Crippen LogP contribution in [0.2, 0.25) is 0 Å². The van der Waals surface area contributed by atoms with Crippen molar-refractivity contribution in [1.82, 2.24) is 9.55 Å². The Labute approximate surface area is 89.3 Å². The van der Waals surface area contributed by atoms with Crippen molar-refractivity contribution >= 4 is 5.78 Å². The molecule has 0 amide bonds. The van der Waals surface area contributed by atoms with Crippen LogP contribution in [0.15, 0.2) is 12.4 Å². The molecule has 4 nitrogen and oxygen atoms in total. The average Bonchev–Trinajstić information content (AvgIpc) is 2.77. The number of carbonyl (C=O) groups is 1. The molecule has 1 aliphatic rings. The number of ether oxygens (including phenoxy) is 1. The minimum Gasteiger partial charge on any atom is -0.381 e. The van der Waals surface area contributed by atoms with Crippen LogP contribution in [0.5, 0.6) is 0 Å². The summed E-state index contributed by atoms with van der Waals surface area (Å²) in [6.07, 6.45) is 5.43. The van der Waals surface area contributed by atoms with Gasteiger partial charge in [-0.1, -0.05) is 0 Å². The zero-order valence-electron chi connectivity index (χ0n) is 8.98. The van der Waals surface area contributed by atoms with Crippen LogP contribution in [0.3, 0.4) is 0 Å². The van der Waals surface area contributed by atoms with Crippen LogP contribution in [0.4, 0.5) is 0 Å². The Bertz CT molecular complexity index is 340. The molecule has 0 spiro atoms. The van der Waals surface area contributed by atoms with Gasteiger partial charge in [-0.3, -0.25) is 4.79 Å². The number of hydrogen-bond donors (Lipinski definition) is 0. The Morgan fingerprint density at radius 3 is 3.27 bits per heavy atom. The molecule has 1 fully saturated rings. The zero-order valence-corrected chi connectivity index (χ0v) is 8.98. The second kappa shape index (κ2) is 4.57. The van der Waals surface area contributed by atoms with E-state index in [1.807, 2.05) is 17.7 Å². The van der Waals surface area contributed by atoms with Crippen molar-refractivity contribution < 1.29 is 9.53 Å². The first-order valence-electron chi connectivity index (χ1n) is 5.46. The van der Waals surface area contributed by atoms with Crippen LogP contribution in [0, 0.1) is 5.92 Å². The highest BCUT2D eigenvalue weighted by atomic mass is 16.5. The summed E-state index contributed by atoms with van der Waals surface area (Å²) in [5, 5.41) is 0. The number of ketones is 1. The van der Waals surface area contributed by atoms with Gasteiger partial charge in [-0.05, 0) is 19.8 Å². The summed E-state index contributed by atoms with van der Waals surface area (Å²) < 4.78 is 7.20. The Kier molecular flexibility index (Phi) is 3.16. The molecule has 0 bridgehead atoms. The lowest BCUT2D eigenvalue weighted by Gasteiger charge is -2.20. The van der Waals surface area contributed by atoms with Crippen molar-refractivity contribution in [2.45, 2.75) is 26.3 Å². The SMILES string of the molecule is CCn1ccnc1C(=O)[C@H]1CCCOC1. The van der Waals surface area contributed by atoms with E-state index >= 15 is 0 Å². The largest absolute Gasteiger partial charge is 0.381 e. The topological polar surface area (TPSA) is 44.1 Å². The standard InChI is InChI=1S/C11H16N2O2/c1-2-13-6-5-12-11(13)10(14)9-4-3-7-15-8-9/h5-6,9H,2-4,7-8H2,1H3/t9-/m0/s1. The van der Waals surface area contributed by atoms with Crippen molar-refractivity contribution in [2.24, 2.45) is 5.92 Å². The van der Waals surface area contributed by atoms with Gasteiger partial charge in [-0.2, -0.15) is 0 Å². The van der Waals surface area contributed by atoms with Gasteiger partial charge in [-0.15, -0.1) is 0 Å². The highest BCUT2D eigenvalue weighted by molar-refractivity contribution is 5.94. The number of Topliss-reactive ketones (excluding diaryl/α,β-unsaturated/α-hetero) is 1. The highest BCUT2D eigenvalue weighted by Gasteiger charge is 2.25. The van der Waals surface area contributed by atoms with E-state index in [0.717, 1.165) is 26.0 Å². The molecule has 1 aliphatic heterocycles. The molecule has 2 rings (SSSR count). The Balaban J connectivity index is 2.12. The molecule has 82 valence electrons. The number of carbonyl (C=O) groups excluding carboxylic acids is 1. The van der Waals surface area contributed by atoms with E-state index in [-0.39, 0.29) is 11.7 Å². The van der Waals surface area contributed by atoms with E-state index in [4.69, 9.17) is 4.74 Å². The smallest absolute Gasteiger partial charge is 0.203 e. The molecule has 0 aromatic carbocycles. The maximum atomic E-state index is 12.1. The van der Waals surface area contributed by atoms with Gasteiger partial charge in [0.1, 0.15) is 0 Å². The van der Waals surface area contributed by atoms with Gasteiger partial charge in [0.15, 0.2) is 5.82 Å². The monoisotopic (exact) mass is 208 g/mol. The molecule has 1 aromatic heterocycles. The maximum absolute atomic E-state index is 12.1. The molecule has 2 heterocycles. The molecule has 0 radical (unpaired) electrons. The van der Waals surface area contributed by atoms with Gasteiger partial charge in [0.2, 0.25) is 5.78 Å². The third-order valence-corrected chi connectivity index (χ3v) is 2.81. The molecule has 1 aromatic rings. The molecule has 1 saturated heterocycles. The number of imidazole rings is 1. The van der Waals surface area contributed by atoms with Crippen molar-refractivity contribution in [3.63, 3.8) is 0 Å². The van der Waals surface area contributed by atoms with Crippen LogP contribution in [-0.4, -0.2) is 28.5 Å². The van der Waals surface area contributed by atoms with Crippen LogP contribution in [0.1, 0.15) is 30.4 Å². The van der Waals surface area contributed by atoms with Gasteiger partial charge >= 0.3 is 0 Å². The zero-order chi connectivity index (χ0) is 10.7. The molecule has 0 unspecified atom stereocenters. The molecule has 4 heteroatoms. The fourth-order valence-corrected chi connectivity index (χ4v) is 1.92. The first-order chi connectivity index (χ1) is 7.33. The Morgan fingerprint density at radius 2 is 2.60 bits per heavy atom. The van der Waals surface area contributed by atoms with Crippen molar-refractivity contribution in [3.8, 4) is 0 Å². The summed E-state index contributed by atoms with van der Waals surface area (Å²) in [6, 6.07) is 0. The summed E-state index contributed by atoms with van der Waals surface area (Å²) in [7, 11) is 0. The van der Waals surface area contributed by atoms with E-state index in [1.165, 1.54) is 0 Å². The van der Waals surface area contributed by atoms with E-state index in [1.54, 1.807) is 6.20 Å². The van der Waals surface area contributed by atoms with Gasteiger partial charge < -0.3 is 9.30 Å². The van der Waals surface area contributed by atoms with Gasteiger partial charge in [0, 0.05) is 31.5 Å². The summed E-state index contributed by atoms with van der Waals surface area (Å²) in [6.45, 7) is 4.13. The van der Waals surface area contributed by atoms with E-state index in [9.17, 15) is 4.79 Å². The first kappa shape index (κ1) is 10.4. The first-order valence-corrected chi connectivity index (χ1v) is 5.46. The van der Waals surface area contributed by atoms with E-state index in [0.29, 0.717) is 12.4 Å². The molecule has 0 N–H and O–H groups in total. The summed E-state index contributed by atoms with van der Waals surface area (Å²) in [4.78, 5) is 16.2. The Hall–Kier alpha value is -1.16. The normalized spacial score (nSPS) is 21.5. The second-order valence-electron chi connectivity index (χ2n) is 3.82. The molecular formula is C11H16N2O2. The lowest BCUT2D eigenvalue weighted by Crippen LogP contribution is -2.27. The quantitative estimate of drug-likeness (QED) is 0.707. The Morgan fingerprint density at radius 1 is 1.73 bits per heavy atom. The van der Waals surface area contributed by atoms with Crippen LogP contribution in [-0.2, 0) is 11.3 Å². The average molecular weight is 208 g/mol. The van der Waals surface area contributed by atoms with E-state index < -0.39 is 0 Å². The number of nitrogens with zero attached hydrogens (tertiary/aromatic N) is 2. The third-order valence-electron chi connectivity index (χ3n) is 2.81. The highest BCUT2D eigenvalue weighted by Crippen LogP contribution is 2.18. The minimum absolute atomic E-state index is 0.00597. The lowest BCUT2D eigenvalue weighted by molar-refractivity contribution is 0.0452. The van der Waals surface area contributed by atoms with Crippen molar-refractivity contribution in [3.05, 3.63) is 18.2 Å². The fourth-order valence-electron chi connectivity index (χ4n) is 1.92. The van der Waals surface area contributed by atoms with Crippen LogP contribution >= 0.6 is 0 Å². The maximum Gasteiger partial charge on any atom is 0.203 e. The number of rotatable bonds is 3. The third kappa shape index (κ3) is 2.09. The van der Waals surface area contributed by atoms with Gasteiger partial charge in [0.05, 0.1) is 6.61 Å². The summed E-state index contributed by atoms with van der Waals surface area (Å²) in [5.41, 5.74) is 0. The van der Waals surface area contributed by atoms with Crippen molar-refractivity contribution in [2.75, 3.05) is 13.2 Å². The predicted octanol–water partition coefficient (Wildman–Crippen LogP) is 1.51. The van der Waals surface area contributed by atoms with Crippen molar-refractivity contribution in [1.29, 1.82) is 0 Å². The molecule has 0 saturated carbocycles. The van der Waals surface area contributed by atoms with Crippen LogP contribution < -0.4 is 0 Å².